The third-order valence-electron chi connectivity index (χ3n) is 4.45. The minimum absolute atomic E-state index is 0.0373. The number of fused-ring (bicyclic) bond motifs is 2. The van der Waals surface area contributed by atoms with Gasteiger partial charge >= 0.3 is 0 Å². The normalized spacial score (nSPS) is 11.4. The van der Waals surface area contributed by atoms with Crippen molar-refractivity contribution >= 4 is 54.1 Å². The van der Waals surface area contributed by atoms with Gasteiger partial charge in [-0.15, -0.1) is 11.3 Å². The van der Waals surface area contributed by atoms with Gasteiger partial charge in [0.25, 0.3) is 5.91 Å². The number of nitrogens with zero attached hydrogens (tertiary/aromatic N) is 3. The number of thiazole rings is 1. The summed E-state index contributed by atoms with van der Waals surface area (Å²) in [5.41, 5.74) is 2.14. The number of halogens is 2. The summed E-state index contributed by atoms with van der Waals surface area (Å²) in [6.07, 6.45) is 0. The van der Waals surface area contributed by atoms with Crippen LogP contribution in [0.2, 0.25) is 0 Å². The SMILES string of the molecule is Cc1nn(-c2ccccc2)c2scc(C(=O)Nc3nc4c(F)cc(F)cc4s3)c12. The highest BCUT2D eigenvalue weighted by Gasteiger charge is 2.21. The summed E-state index contributed by atoms with van der Waals surface area (Å²) in [4.78, 5) is 17.8. The van der Waals surface area contributed by atoms with E-state index in [0.29, 0.717) is 10.3 Å². The minimum Gasteiger partial charge on any atom is -0.298 e. The third-order valence-corrected chi connectivity index (χ3v) is 6.33. The van der Waals surface area contributed by atoms with Crippen LogP contribution in [0.25, 0.3) is 26.1 Å². The summed E-state index contributed by atoms with van der Waals surface area (Å²) in [6, 6.07) is 11.6. The number of para-hydroxylation sites is 1. The number of anilines is 1. The van der Waals surface area contributed by atoms with Gasteiger partial charge in [0.05, 0.1) is 21.6 Å². The molecule has 3 aromatic heterocycles. The van der Waals surface area contributed by atoms with E-state index < -0.39 is 11.6 Å². The molecule has 0 bridgehead atoms. The Balaban J connectivity index is 1.52. The van der Waals surface area contributed by atoms with Crippen LogP contribution in [0.4, 0.5) is 13.9 Å². The zero-order chi connectivity index (χ0) is 20.1. The van der Waals surface area contributed by atoms with E-state index in [9.17, 15) is 13.6 Å². The van der Waals surface area contributed by atoms with E-state index in [2.05, 4.69) is 15.4 Å². The van der Waals surface area contributed by atoms with Crippen LogP contribution in [0.15, 0.2) is 47.8 Å². The smallest absolute Gasteiger partial charge is 0.259 e. The van der Waals surface area contributed by atoms with E-state index in [1.54, 1.807) is 5.38 Å². The quantitative estimate of drug-likeness (QED) is 0.412. The number of rotatable bonds is 3. The first-order valence-corrected chi connectivity index (χ1v) is 10.3. The van der Waals surface area contributed by atoms with Crippen LogP contribution in [0.1, 0.15) is 16.1 Å². The Morgan fingerprint density at radius 2 is 1.97 bits per heavy atom. The number of thiophene rings is 1. The number of benzene rings is 2. The lowest BCUT2D eigenvalue weighted by atomic mass is 10.2. The first kappa shape index (κ1) is 17.9. The Morgan fingerprint density at radius 3 is 2.76 bits per heavy atom. The lowest BCUT2D eigenvalue weighted by Gasteiger charge is -2.00. The number of hydrogen-bond acceptors (Lipinski definition) is 5. The largest absolute Gasteiger partial charge is 0.298 e. The van der Waals surface area contributed by atoms with Gasteiger partial charge in [-0.1, -0.05) is 29.5 Å². The predicted octanol–water partition coefficient (Wildman–Crippen LogP) is 5.54. The van der Waals surface area contributed by atoms with Crippen molar-refractivity contribution in [1.29, 1.82) is 0 Å². The number of aromatic nitrogens is 3. The second-order valence-electron chi connectivity index (χ2n) is 6.37. The predicted molar refractivity (Wildman–Crippen MR) is 111 cm³/mol. The van der Waals surface area contributed by atoms with Crippen molar-refractivity contribution < 1.29 is 13.6 Å². The first-order valence-electron chi connectivity index (χ1n) is 8.60. The van der Waals surface area contributed by atoms with Crippen LogP contribution in [0.3, 0.4) is 0 Å². The summed E-state index contributed by atoms with van der Waals surface area (Å²) in [5, 5.41) is 10.0. The third kappa shape index (κ3) is 2.99. The Hall–Kier alpha value is -3.17. The molecular weight excluding hydrogens is 414 g/mol. The second-order valence-corrected chi connectivity index (χ2v) is 8.26. The molecule has 1 N–H and O–H groups in total. The van der Waals surface area contributed by atoms with Crippen molar-refractivity contribution in [2.45, 2.75) is 6.92 Å². The van der Waals surface area contributed by atoms with Crippen LogP contribution < -0.4 is 5.32 Å². The molecule has 5 nitrogen and oxygen atoms in total. The van der Waals surface area contributed by atoms with Gasteiger partial charge in [0.1, 0.15) is 16.2 Å². The Labute approximate surface area is 171 Å². The number of carbonyl (C=O) groups excluding carboxylic acids is 1. The molecule has 2 aromatic carbocycles. The Kier molecular flexibility index (Phi) is 4.14. The van der Waals surface area contributed by atoms with Gasteiger partial charge in [-0.25, -0.2) is 18.4 Å². The van der Waals surface area contributed by atoms with Crippen molar-refractivity contribution in [1.82, 2.24) is 14.8 Å². The fraction of sp³-hybridized carbons (Fsp3) is 0.0500. The highest BCUT2D eigenvalue weighted by Crippen LogP contribution is 2.33. The van der Waals surface area contributed by atoms with Gasteiger partial charge in [-0.2, -0.15) is 5.10 Å². The maximum absolute atomic E-state index is 13.9. The molecule has 3 heterocycles. The fourth-order valence-corrected chi connectivity index (χ4v) is 5.16. The molecule has 5 aromatic rings. The molecule has 0 aliphatic carbocycles. The molecular formula is C20H12F2N4OS2. The van der Waals surface area contributed by atoms with E-state index in [4.69, 9.17) is 0 Å². The van der Waals surface area contributed by atoms with Crippen molar-refractivity contribution in [2.75, 3.05) is 5.32 Å². The monoisotopic (exact) mass is 426 g/mol. The number of aryl methyl sites for hydroxylation is 1. The zero-order valence-corrected chi connectivity index (χ0v) is 16.6. The average Bonchev–Trinajstić information content (AvgIpc) is 3.38. The molecule has 0 saturated carbocycles. The van der Waals surface area contributed by atoms with Gasteiger partial charge in [0.15, 0.2) is 10.9 Å². The molecule has 29 heavy (non-hydrogen) atoms. The van der Waals surface area contributed by atoms with Crippen molar-refractivity contribution in [3.05, 3.63) is 70.7 Å². The molecule has 0 fully saturated rings. The topological polar surface area (TPSA) is 59.8 Å². The molecule has 0 aliphatic rings. The van der Waals surface area contributed by atoms with E-state index in [-0.39, 0.29) is 16.6 Å². The van der Waals surface area contributed by atoms with E-state index in [1.165, 1.54) is 17.4 Å². The Bertz CT molecular complexity index is 1390. The standard InChI is InChI=1S/C20H12F2N4OS2/c1-10-16-13(9-28-19(16)26(25-10)12-5-3-2-4-6-12)18(27)24-20-23-17-14(22)7-11(21)8-15(17)29-20/h2-9H,1H3,(H,23,24,27). The highest BCUT2D eigenvalue weighted by molar-refractivity contribution is 7.22. The maximum Gasteiger partial charge on any atom is 0.259 e. The molecule has 1 amide bonds. The van der Waals surface area contributed by atoms with Gasteiger partial charge in [0, 0.05) is 16.8 Å². The molecule has 0 atom stereocenters. The lowest BCUT2D eigenvalue weighted by Crippen LogP contribution is -2.11. The van der Waals surface area contributed by atoms with E-state index >= 15 is 0 Å². The number of hydrogen-bond donors (Lipinski definition) is 1. The van der Waals surface area contributed by atoms with E-state index in [1.807, 2.05) is 41.9 Å². The van der Waals surface area contributed by atoms with Crippen molar-refractivity contribution in [3.63, 3.8) is 0 Å². The molecule has 0 spiro atoms. The van der Waals surface area contributed by atoms with E-state index in [0.717, 1.165) is 39.0 Å². The lowest BCUT2D eigenvalue weighted by molar-refractivity contribution is 0.102. The molecule has 5 rings (SSSR count). The van der Waals surface area contributed by atoms with Gasteiger partial charge in [0.2, 0.25) is 0 Å². The molecule has 0 aliphatic heterocycles. The summed E-state index contributed by atoms with van der Waals surface area (Å²) < 4.78 is 29.4. The fourth-order valence-electron chi connectivity index (χ4n) is 3.19. The van der Waals surface area contributed by atoms with Gasteiger partial charge in [-0.05, 0) is 25.1 Å². The molecule has 0 radical (unpaired) electrons. The highest BCUT2D eigenvalue weighted by atomic mass is 32.1. The Morgan fingerprint density at radius 1 is 1.17 bits per heavy atom. The first-order chi connectivity index (χ1) is 14.0. The van der Waals surface area contributed by atoms with Crippen molar-refractivity contribution in [3.8, 4) is 5.69 Å². The van der Waals surface area contributed by atoms with Crippen LogP contribution in [0, 0.1) is 18.6 Å². The van der Waals surface area contributed by atoms with Crippen LogP contribution in [-0.2, 0) is 0 Å². The van der Waals surface area contributed by atoms with Gasteiger partial charge < -0.3 is 0 Å². The summed E-state index contributed by atoms with van der Waals surface area (Å²) in [7, 11) is 0. The minimum atomic E-state index is -0.755. The number of carbonyl (C=O) groups is 1. The van der Waals surface area contributed by atoms with Crippen LogP contribution >= 0.6 is 22.7 Å². The summed E-state index contributed by atoms with van der Waals surface area (Å²) in [6.45, 7) is 1.85. The second kappa shape index (κ2) is 6.71. The summed E-state index contributed by atoms with van der Waals surface area (Å²) >= 11 is 2.44. The zero-order valence-electron chi connectivity index (χ0n) is 14.9. The molecule has 9 heteroatoms. The molecule has 0 unspecified atom stereocenters. The number of amides is 1. The average molecular weight is 426 g/mol. The maximum atomic E-state index is 13.9. The molecule has 0 saturated heterocycles. The number of nitrogens with one attached hydrogen (secondary N) is 1. The van der Waals surface area contributed by atoms with Gasteiger partial charge in [-0.3, -0.25) is 10.1 Å². The van der Waals surface area contributed by atoms with Crippen LogP contribution in [-0.4, -0.2) is 20.7 Å². The summed E-state index contributed by atoms with van der Waals surface area (Å²) in [5.74, 6) is -1.80. The van der Waals surface area contributed by atoms with Crippen LogP contribution in [0.5, 0.6) is 0 Å². The molecule has 144 valence electrons. The van der Waals surface area contributed by atoms with Crippen molar-refractivity contribution in [2.24, 2.45) is 0 Å².